The third kappa shape index (κ3) is 4.09. The smallest absolute Gasteiger partial charge is 0.318 e. The fourth-order valence-electron chi connectivity index (χ4n) is 5.14. The van der Waals surface area contributed by atoms with Gasteiger partial charge < -0.3 is 15.5 Å². The normalized spacial score (nSPS) is 24.4. The summed E-state index contributed by atoms with van der Waals surface area (Å²) in [4.78, 5) is 28.6. The number of carbonyl (C=O) groups excluding carboxylic acids is 2. The van der Waals surface area contributed by atoms with E-state index < -0.39 is 5.54 Å². The summed E-state index contributed by atoms with van der Waals surface area (Å²) >= 11 is 6.30. The molecule has 2 fully saturated rings. The molecule has 2 N–H and O–H groups in total. The summed E-state index contributed by atoms with van der Waals surface area (Å²) < 4.78 is 0. The van der Waals surface area contributed by atoms with Crippen LogP contribution < -0.4 is 10.6 Å². The molecule has 1 atom stereocenters. The van der Waals surface area contributed by atoms with Gasteiger partial charge in [0.15, 0.2) is 5.54 Å². The van der Waals surface area contributed by atoms with Gasteiger partial charge in [-0.15, -0.1) is 0 Å². The Balaban J connectivity index is 1.36. The molecule has 174 valence electrons. The SMILES string of the molecule is CC1CCN(N2CCN(C(=O)NC3(c4ccccc4)C(=O)Nc4ccc(Cl)cc43)CC2)CC1. The molecule has 7 nitrogen and oxygen atoms in total. The van der Waals surface area contributed by atoms with Gasteiger partial charge in [-0.25, -0.2) is 14.8 Å². The van der Waals surface area contributed by atoms with Crippen molar-refractivity contribution in [2.24, 2.45) is 5.92 Å². The van der Waals surface area contributed by atoms with Crippen molar-refractivity contribution in [1.82, 2.24) is 20.2 Å². The molecule has 3 heterocycles. The van der Waals surface area contributed by atoms with Crippen LogP contribution in [-0.2, 0) is 10.3 Å². The van der Waals surface area contributed by atoms with E-state index in [1.165, 1.54) is 12.8 Å². The molecule has 3 amide bonds. The van der Waals surface area contributed by atoms with E-state index in [0.717, 1.165) is 32.1 Å². The number of nitrogens with one attached hydrogen (secondary N) is 2. The van der Waals surface area contributed by atoms with Crippen molar-refractivity contribution in [1.29, 1.82) is 0 Å². The van der Waals surface area contributed by atoms with Crippen LogP contribution in [0.3, 0.4) is 0 Å². The second-order valence-electron chi connectivity index (χ2n) is 9.27. The molecule has 3 aliphatic rings. The first-order valence-corrected chi connectivity index (χ1v) is 12.1. The summed E-state index contributed by atoms with van der Waals surface area (Å²) in [6.45, 7) is 7.32. The van der Waals surface area contributed by atoms with Crippen molar-refractivity contribution in [2.75, 3.05) is 44.6 Å². The Bertz CT molecular complexity index is 1030. The van der Waals surface area contributed by atoms with Crippen LogP contribution >= 0.6 is 11.6 Å². The maximum absolute atomic E-state index is 13.5. The van der Waals surface area contributed by atoms with Gasteiger partial charge >= 0.3 is 6.03 Å². The highest BCUT2D eigenvalue weighted by Gasteiger charge is 2.50. The number of amides is 3. The van der Waals surface area contributed by atoms with Crippen LogP contribution in [0.15, 0.2) is 48.5 Å². The van der Waals surface area contributed by atoms with Crippen LogP contribution in [0.4, 0.5) is 10.5 Å². The van der Waals surface area contributed by atoms with Crippen molar-refractivity contribution >= 4 is 29.2 Å². The predicted octanol–water partition coefficient (Wildman–Crippen LogP) is 3.51. The van der Waals surface area contributed by atoms with Gasteiger partial charge in [-0.2, -0.15) is 0 Å². The molecule has 2 saturated heterocycles. The zero-order valence-electron chi connectivity index (χ0n) is 18.9. The fraction of sp³-hybridized carbons (Fsp3) is 0.440. The van der Waals surface area contributed by atoms with E-state index in [1.807, 2.05) is 35.2 Å². The average molecular weight is 468 g/mol. The molecule has 33 heavy (non-hydrogen) atoms. The highest BCUT2D eigenvalue weighted by Crippen LogP contribution is 2.42. The molecule has 5 rings (SSSR count). The third-order valence-corrected chi connectivity index (χ3v) is 7.41. The molecule has 0 spiro atoms. The van der Waals surface area contributed by atoms with E-state index in [4.69, 9.17) is 11.6 Å². The number of hydrogen-bond donors (Lipinski definition) is 2. The van der Waals surface area contributed by atoms with E-state index in [1.54, 1.807) is 18.2 Å². The van der Waals surface area contributed by atoms with Crippen molar-refractivity contribution in [2.45, 2.75) is 25.3 Å². The minimum atomic E-state index is -1.32. The second kappa shape index (κ2) is 8.97. The minimum Gasteiger partial charge on any atom is -0.323 e. The Kier molecular flexibility index (Phi) is 6.03. The summed E-state index contributed by atoms with van der Waals surface area (Å²) in [7, 11) is 0. The molecule has 0 saturated carbocycles. The Morgan fingerprint density at radius 1 is 1.00 bits per heavy atom. The number of rotatable bonds is 3. The molecule has 0 aromatic heterocycles. The number of nitrogens with zero attached hydrogens (tertiary/aromatic N) is 3. The molecule has 0 bridgehead atoms. The van der Waals surface area contributed by atoms with Crippen molar-refractivity contribution in [3.63, 3.8) is 0 Å². The quantitative estimate of drug-likeness (QED) is 0.724. The standard InChI is InChI=1S/C25H30ClN5O2/c1-18-9-11-30(12-10-18)31-15-13-29(14-16-31)24(33)28-25(19-5-3-2-4-6-19)21-17-20(26)7-8-22(21)27-23(25)32/h2-8,17-18H,9-16H2,1H3,(H,27,32)(H,28,33). The van der Waals surface area contributed by atoms with E-state index in [0.29, 0.717) is 34.9 Å². The van der Waals surface area contributed by atoms with Crippen LogP contribution in [0.1, 0.15) is 30.9 Å². The van der Waals surface area contributed by atoms with Gasteiger partial charge in [0, 0.05) is 55.5 Å². The molecular formula is C25H30ClN5O2. The van der Waals surface area contributed by atoms with Crippen LogP contribution in [0, 0.1) is 5.92 Å². The number of benzene rings is 2. The van der Waals surface area contributed by atoms with Crippen LogP contribution in [0.25, 0.3) is 0 Å². The number of fused-ring (bicyclic) bond motifs is 1. The van der Waals surface area contributed by atoms with E-state index >= 15 is 0 Å². The lowest BCUT2D eigenvalue weighted by Gasteiger charge is -2.44. The number of hydrogen-bond acceptors (Lipinski definition) is 4. The molecule has 1 unspecified atom stereocenters. The largest absolute Gasteiger partial charge is 0.323 e. The zero-order chi connectivity index (χ0) is 23.0. The molecule has 2 aromatic rings. The maximum atomic E-state index is 13.5. The fourth-order valence-corrected chi connectivity index (χ4v) is 5.32. The number of hydrazine groups is 1. The van der Waals surface area contributed by atoms with Crippen molar-refractivity contribution < 1.29 is 9.59 Å². The van der Waals surface area contributed by atoms with Gasteiger partial charge in [0.2, 0.25) is 0 Å². The van der Waals surface area contributed by atoms with Crippen LogP contribution in [0.5, 0.6) is 0 Å². The minimum absolute atomic E-state index is 0.242. The number of piperidine rings is 1. The third-order valence-electron chi connectivity index (χ3n) is 7.18. The Morgan fingerprint density at radius 2 is 1.67 bits per heavy atom. The molecule has 0 radical (unpaired) electrons. The molecule has 2 aromatic carbocycles. The Morgan fingerprint density at radius 3 is 2.36 bits per heavy atom. The van der Waals surface area contributed by atoms with E-state index in [-0.39, 0.29) is 11.9 Å². The van der Waals surface area contributed by atoms with Crippen LogP contribution in [0.2, 0.25) is 5.02 Å². The van der Waals surface area contributed by atoms with Gasteiger partial charge in [0.1, 0.15) is 0 Å². The van der Waals surface area contributed by atoms with Gasteiger partial charge in [-0.3, -0.25) is 4.79 Å². The monoisotopic (exact) mass is 467 g/mol. The lowest BCUT2D eigenvalue weighted by molar-refractivity contribution is -0.120. The Hall–Kier alpha value is -2.61. The first-order chi connectivity index (χ1) is 16.0. The second-order valence-corrected chi connectivity index (χ2v) is 9.70. The molecule has 0 aliphatic carbocycles. The van der Waals surface area contributed by atoms with Gasteiger partial charge in [0.25, 0.3) is 5.91 Å². The number of anilines is 1. The molecule has 8 heteroatoms. The van der Waals surface area contributed by atoms with Gasteiger partial charge in [0.05, 0.1) is 0 Å². The summed E-state index contributed by atoms with van der Waals surface area (Å²) in [5, 5.41) is 11.4. The summed E-state index contributed by atoms with van der Waals surface area (Å²) in [5.41, 5.74) is 0.717. The molecule has 3 aliphatic heterocycles. The lowest BCUT2D eigenvalue weighted by Crippen LogP contribution is -2.61. The number of halogens is 1. The summed E-state index contributed by atoms with van der Waals surface area (Å²) in [6.07, 6.45) is 2.44. The van der Waals surface area contributed by atoms with Gasteiger partial charge in [-0.1, -0.05) is 48.9 Å². The summed E-state index contributed by atoms with van der Waals surface area (Å²) in [6, 6.07) is 14.4. The number of piperazine rings is 1. The van der Waals surface area contributed by atoms with Crippen molar-refractivity contribution in [3.05, 3.63) is 64.7 Å². The maximum Gasteiger partial charge on any atom is 0.318 e. The van der Waals surface area contributed by atoms with Crippen LogP contribution in [-0.4, -0.2) is 66.1 Å². The van der Waals surface area contributed by atoms with E-state index in [2.05, 4.69) is 27.6 Å². The first-order valence-electron chi connectivity index (χ1n) is 11.7. The highest BCUT2D eigenvalue weighted by atomic mass is 35.5. The molecular weight excluding hydrogens is 438 g/mol. The highest BCUT2D eigenvalue weighted by molar-refractivity contribution is 6.31. The lowest BCUT2D eigenvalue weighted by atomic mass is 9.84. The van der Waals surface area contributed by atoms with E-state index in [9.17, 15) is 9.59 Å². The number of urea groups is 1. The summed E-state index contributed by atoms with van der Waals surface area (Å²) in [5.74, 6) is 0.511. The van der Waals surface area contributed by atoms with Gasteiger partial charge in [-0.05, 0) is 42.5 Å². The average Bonchev–Trinajstić information content (AvgIpc) is 3.11. The van der Waals surface area contributed by atoms with Crippen molar-refractivity contribution in [3.8, 4) is 0 Å². The predicted molar refractivity (Wildman–Crippen MR) is 129 cm³/mol. The Labute approximate surface area is 199 Å². The topological polar surface area (TPSA) is 67.9 Å². The zero-order valence-corrected chi connectivity index (χ0v) is 19.6. The first kappa shape index (κ1) is 22.2. The number of carbonyl (C=O) groups is 2.